The van der Waals surface area contributed by atoms with Gasteiger partial charge in [0.05, 0.1) is 0 Å². The highest BCUT2D eigenvalue weighted by molar-refractivity contribution is 7.01. The van der Waals surface area contributed by atoms with E-state index in [-0.39, 0.29) is 6.71 Å². The van der Waals surface area contributed by atoms with Gasteiger partial charge in [-0.2, -0.15) is 0 Å². The summed E-state index contributed by atoms with van der Waals surface area (Å²) < 4.78 is 0. The van der Waals surface area contributed by atoms with Crippen LogP contribution >= 0.6 is 0 Å². The van der Waals surface area contributed by atoms with Gasteiger partial charge >= 0.3 is 0 Å². The molecule has 0 unspecified atom stereocenters. The van der Waals surface area contributed by atoms with E-state index >= 15 is 0 Å². The quantitative estimate of drug-likeness (QED) is 0.0954. The molecule has 6 heteroatoms. The highest BCUT2D eigenvalue weighted by Gasteiger charge is 2.46. The molecule has 5 nitrogen and oxygen atoms in total. The zero-order valence-electron chi connectivity index (χ0n) is 58.1. The molecule has 2 aliphatic rings. The third kappa shape index (κ3) is 9.91. The second-order valence-corrected chi connectivity index (χ2v) is 28.6. The van der Waals surface area contributed by atoms with Crippen LogP contribution in [-0.2, 0) is 0 Å². The molecule has 0 radical (unpaired) electrons. The first-order chi connectivity index (χ1) is 53.0. The molecule has 22 rings (SSSR count). The normalized spacial score (nSPS) is 12.4. The fourth-order valence-electron chi connectivity index (χ4n) is 17.6. The molecule has 0 spiro atoms. The number of nitrogens with zero attached hydrogens (tertiary/aromatic N) is 5. The van der Waals surface area contributed by atoms with Crippen molar-refractivity contribution in [1.82, 2.24) is 15.0 Å². The molecular weight excluding hydrogens is 1290 g/mol. The van der Waals surface area contributed by atoms with Gasteiger partial charge in [0.15, 0.2) is 17.5 Å². The van der Waals surface area contributed by atoms with Crippen LogP contribution in [0, 0.1) is 0 Å². The van der Waals surface area contributed by atoms with E-state index < -0.39 is 0 Å². The summed E-state index contributed by atoms with van der Waals surface area (Å²) in [5.41, 5.74) is 25.9. The van der Waals surface area contributed by atoms with E-state index in [1.165, 1.54) is 81.0 Å². The number of aromatic nitrogens is 3. The largest absolute Gasteiger partial charge is 0.311 e. The second kappa shape index (κ2) is 24.3. The summed E-state index contributed by atoms with van der Waals surface area (Å²) in [5, 5.41) is 14.7. The van der Waals surface area contributed by atoms with Crippen LogP contribution in [-0.4, -0.2) is 21.7 Å². The molecule has 0 bridgehead atoms. The van der Waals surface area contributed by atoms with E-state index in [4.69, 9.17) is 15.0 Å². The lowest BCUT2D eigenvalue weighted by atomic mass is 9.33. The average Bonchev–Trinajstić information content (AvgIpc) is 0.676. The Labute approximate surface area is 619 Å². The van der Waals surface area contributed by atoms with Gasteiger partial charge in [0.25, 0.3) is 6.71 Å². The van der Waals surface area contributed by atoms with Crippen LogP contribution in [0.3, 0.4) is 0 Å². The minimum Gasteiger partial charge on any atom is -0.311 e. The SMILES string of the molecule is c1ccc(-c2ccc(N3c4cc(-c5nc(-c6cc(-c7ccccc7)cc(-c7ccccc7)c6)nc(-c6cc(-c7ccccc7)cc(-c7ccccc7)c6)n5)cc5c4B(c4cc6ccc7cccc8ccc(c43)c6c78)c3cc4ccc6cccc7ccc(c3N5c3ccc(-c5ccccc5)cc3)c4c67)cc2)cc1. The maximum Gasteiger partial charge on any atom is 0.252 e. The molecule has 19 aromatic carbocycles. The third-order valence-corrected chi connectivity index (χ3v) is 22.4. The van der Waals surface area contributed by atoms with Gasteiger partial charge in [-0.3, -0.25) is 0 Å². The van der Waals surface area contributed by atoms with E-state index in [9.17, 15) is 0 Å². The summed E-state index contributed by atoms with van der Waals surface area (Å²) in [7, 11) is 0. The Morgan fingerprint density at radius 2 is 0.467 bits per heavy atom. The summed E-state index contributed by atoms with van der Waals surface area (Å²) in [6, 6.07) is 139. The van der Waals surface area contributed by atoms with Crippen LogP contribution in [0.25, 0.3) is 166 Å². The van der Waals surface area contributed by atoms with Gasteiger partial charge in [-0.25, -0.2) is 15.0 Å². The Morgan fingerprint density at radius 1 is 0.196 bits per heavy atom. The van der Waals surface area contributed by atoms with Crippen LogP contribution in [0.2, 0.25) is 0 Å². The van der Waals surface area contributed by atoms with Crippen molar-refractivity contribution in [2.24, 2.45) is 0 Å². The molecule has 3 heterocycles. The summed E-state index contributed by atoms with van der Waals surface area (Å²) in [6.45, 7) is -0.263. The lowest BCUT2D eigenvalue weighted by molar-refractivity contribution is 1.07. The van der Waals surface area contributed by atoms with Crippen molar-refractivity contribution in [1.29, 1.82) is 0 Å². The topological polar surface area (TPSA) is 45.2 Å². The molecule has 1 aromatic heterocycles. The fourth-order valence-corrected chi connectivity index (χ4v) is 17.6. The molecule has 0 fully saturated rings. The van der Waals surface area contributed by atoms with Gasteiger partial charge in [0.1, 0.15) is 0 Å². The molecule has 0 aliphatic carbocycles. The molecule has 0 N–H and O–H groups in total. The van der Waals surface area contributed by atoms with E-state index in [1.54, 1.807) is 0 Å². The summed E-state index contributed by atoms with van der Waals surface area (Å²) >= 11 is 0. The van der Waals surface area contributed by atoms with Crippen molar-refractivity contribution < 1.29 is 0 Å². The molecule has 107 heavy (non-hydrogen) atoms. The van der Waals surface area contributed by atoms with Gasteiger partial charge in [-0.05, 0) is 210 Å². The minimum atomic E-state index is -0.263. The van der Waals surface area contributed by atoms with Crippen molar-refractivity contribution in [3.8, 4) is 101 Å². The van der Waals surface area contributed by atoms with Gasteiger partial charge in [-0.1, -0.05) is 303 Å². The maximum absolute atomic E-state index is 5.92. The monoisotopic (exact) mass is 1360 g/mol. The Morgan fingerprint density at radius 3 is 0.794 bits per heavy atom. The predicted molar refractivity (Wildman–Crippen MR) is 450 cm³/mol. The lowest BCUT2D eigenvalue weighted by Gasteiger charge is -2.45. The van der Waals surface area contributed by atoms with Crippen LogP contribution in [0.4, 0.5) is 34.1 Å². The average molecular weight is 1360 g/mol. The van der Waals surface area contributed by atoms with Gasteiger partial charge in [0, 0.05) is 61.6 Å². The highest BCUT2D eigenvalue weighted by atomic mass is 15.2. The summed E-state index contributed by atoms with van der Waals surface area (Å²) in [4.78, 5) is 22.8. The van der Waals surface area contributed by atoms with Crippen molar-refractivity contribution in [3.05, 3.63) is 376 Å². The molecule has 0 atom stereocenters. The molecule has 0 amide bonds. The fraction of sp³-hybridized carbons (Fsp3) is 0. The first kappa shape index (κ1) is 60.5. The molecule has 20 aromatic rings. The highest BCUT2D eigenvalue weighted by Crippen LogP contribution is 2.53. The lowest BCUT2D eigenvalue weighted by Crippen LogP contribution is -2.61. The summed E-state index contributed by atoms with van der Waals surface area (Å²) in [6.07, 6.45) is 0. The second-order valence-electron chi connectivity index (χ2n) is 28.6. The smallest absolute Gasteiger partial charge is 0.252 e. The van der Waals surface area contributed by atoms with Crippen LogP contribution < -0.4 is 26.2 Å². The zero-order chi connectivity index (χ0) is 70.2. The maximum atomic E-state index is 5.92. The first-order valence-electron chi connectivity index (χ1n) is 36.8. The molecule has 0 saturated carbocycles. The Hall–Kier alpha value is -14.1. The van der Waals surface area contributed by atoms with Crippen LogP contribution in [0.15, 0.2) is 376 Å². The van der Waals surface area contributed by atoms with Gasteiger partial charge in [-0.15, -0.1) is 0 Å². The number of benzene rings is 19. The van der Waals surface area contributed by atoms with E-state index in [2.05, 4.69) is 386 Å². The van der Waals surface area contributed by atoms with Crippen molar-refractivity contribution in [2.75, 3.05) is 9.80 Å². The molecule has 2 aliphatic heterocycles. The van der Waals surface area contributed by atoms with Crippen LogP contribution in [0.1, 0.15) is 0 Å². The zero-order valence-corrected chi connectivity index (χ0v) is 58.1. The summed E-state index contributed by atoms with van der Waals surface area (Å²) in [5.74, 6) is 1.65. The number of rotatable bonds is 11. The Balaban J connectivity index is 0.884. The van der Waals surface area contributed by atoms with Crippen LogP contribution in [0.5, 0.6) is 0 Å². The van der Waals surface area contributed by atoms with Crippen molar-refractivity contribution >= 4 is 122 Å². The number of fused-ring (bicyclic) bond motifs is 6. The van der Waals surface area contributed by atoms with E-state index in [1.807, 2.05) is 0 Å². The standard InChI is InChI=1S/C101H62BN5/c1-7-21-63(22-8-1)69-41-47-84(48-42-69)106-90-61-83(101-104-99(81-55-77(65-25-11-3-12-26-65)53-78(56-81)66-27-13-4-14-28-66)103-100(105-101)82-57-79(67-29-15-5-16-30-67)54-80(58-82)68-31-17-6-18-32-68)62-91-96(90)102(88-59-75-39-37-71-33-19-35-73-45-51-86(97(88)106)94(75)92(71)73)89-60-76-40-38-72-34-20-36-74-46-52-87(95(76)93(72)74)98(89)107(91)85-49-43-70(44-50-85)64-23-9-2-10-24-64/h1-62H. The Bertz CT molecular complexity index is 6340. The minimum absolute atomic E-state index is 0.263. The van der Waals surface area contributed by atoms with Gasteiger partial charge in [0.2, 0.25) is 0 Å². The van der Waals surface area contributed by atoms with E-state index in [0.717, 1.165) is 118 Å². The molecular formula is C101H62BN5. The van der Waals surface area contributed by atoms with Crippen molar-refractivity contribution in [3.63, 3.8) is 0 Å². The first-order valence-corrected chi connectivity index (χ1v) is 36.8. The third-order valence-electron chi connectivity index (χ3n) is 22.4. The number of hydrogen-bond acceptors (Lipinski definition) is 5. The predicted octanol–water partition coefficient (Wildman–Crippen LogP) is 24.8. The Kier molecular flexibility index (Phi) is 13.7. The number of anilines is 6. The molecule has 494 valence electrons. The van der Waals surface area contributed by atoms with E-state index in [0.29, 0.717) is 17.5 Å². The number of hydrogen-bond donors (Lipinski definition) is 0. The molecule has 0 saturated heterocycles. The van der Waals surface area contributed by atoms with Gasteiger partial charge < -0.3 is 9.80 Å². The van der Waals surface area contributed by atoms with Crippen molar-refractivity contribution in [2.45, 2.75) is 0 Å².